The van der Waals surface area contributed by atoms with Crippen molar-refractivity contribution in [3.8, 4) is 0 Å². The van der Waals surface area contributed by atoms with Crippen molar-refractivity contribution in [3.05, 3.63) is 18.2 Å². The molecule has 108 valence electrons. The van der Waals surface area contributed by atoms with E-state index in [1.165, 1.54) is 5.69 Å². The average molecular weight is 265 g/mol. The van der Waals surface area contributed by atoms with Crippen molar-refractivity contribution in [2.75, 3.05) is 20.3 Å². The van der Waals surface area contributed by atoms with Gasteiger partial charge >= 0.3 is 0 Å². The Hall–Kier alpha value is -0.870. The molecule has 0 radical (unpaired) electrons. The number of aromatic nitrogens is 2. The van der Waals surface area contributed by atoms with Gasteiger partial charge in [0.2, 0.25) is 0 Å². The van der Waals surface area contributed by atoms with E-state index in [4.69, 9.17) is 4.74 Å². The van der Waals surface area contributed by atoms with Crippen LogP contribution in [0.4, 0.5) is 0 Å². The first-order valence-electron chi connectivity index (χ1n) is 7.10. The summed E-state index contributed by atoms with van der Waals surface area (Å²) in [7, 11) is 1.73. The number of ether oxygens (including phenoxy) is 1. The predicted molar refractivity (Wildman–Crippen MR) is 76.9 cm³/mol. The third-order valence-electron chi connectivity index (χ3n) is 5.29. The van der Waals surface area contributed by atoms with Crippen molar-refractivity contribution in [2.24, 2.45) is 16.7 Å². The van der Waals surface area contributed by atoms with E-state index in [0.717, 1.165) is 32.2 Å². The fourth-order valence-electron chi connectivity index (χ4n) is 3.04. The van der Waals surface area contributed by atoms with Crippen molar-refractivity contribution in [1.29, 1.82) is 0 Å². The number of hydrogen-bond acceptors (Lipinski definition) is 3. The standard InChI is InChI=1S/C15H27N3O/c1-14(2)13(15(14,3)4)10-18-11-17-9-12(18)8-16-6-7-19-5/h9,11,13,16H,6-8,10H2,1-5H3. The summed E-state index contributed by atoms with van der Waals surface area (Å²) in [6, 6.07) is 0. The van der Waals surface area contributed by atoms with E-state index in [0.29, 0.717) is 10.8 Å². The zero-order chi connectivity index (χ0) is 14.1. The molecule has 0 spiro atoms. The third-order valence-corrected chi connectivity index (χ3v) is 5.29. The van der Waals surface area contributed by atoms with Gasteiger partial charge < -0.3 is 14.6 Å². The molecule has 1 aliphatic carbocycles. The topological polar surface area (TPSA) is 39.1 Å². The van der Waals surface area contributed by atoms with E-state index in [1.807, 2.05) is 12.5 Å². The lowest BCUT2D eigenvalue weighted by atomic mass is 10.0. The maximum atomic E-state index is 5.04. The van der Waals surface area contributed by atoms with Gasteiger partial charge in [-0.3, -0.25) is 0 Å². The normalized spacial score (nSPS) is 20.7. The number of methoxy groups -OCH3 is 1. The van der Waals surface area contributed by atoms with Crippen LogP contribution in [-0.4, -0.2) is 29.8 Å². The molecule has 1 aromatic heterocycles. The van der Waals surface area contributed by atoms with Gasteiger partial charge in [0.1, 0.15) is 0 Å². The Kier molecular flexibility index (Phi) is 4.02. The Morgan fingerprint density at radius 3 is 2.58 bits per heavy atom. The highest BCUT2D eigenvalue weighted by atomic mass is 16.5. The first-order valence-corrected chi connectivity index (χ1v) is 7.10. The molecule has 1 fully saturated rings. The minimum absolute atomic E-state index is 0.429. The van der Waals surface area contributed by atoms with E-state index in [-0.39, 0.29) is 0 Å². The summed E-state index contributed by atoms with van der Waals surface area (Å²) in [6.45, 7) is 13.0. The Morgan fingerprint density at radius 2 is 2.00 bits per heavy atom. The lowest BCUT2D eigenvalue weighted by Gasteiger charge is -2.10. The summed E-state index contributed by atoms with van der Waals surface area (Å²) in [5, 5.41) is 3.38. The zero-order valence-electron chi connectivity index (χ0n) is 12.9. The molecule has 0 aliphatic heterocycles. The number of hydrogen-bond donors (Lipinski definition) is 1. The molecule has 4 heteroatoms. The zero-order valence-corrected chi connectivity index (χ0v) is 12.9. The molecule has 1 aliphatic rings. The van der Waals surface area contributed by atoms with E-state index < -0.39 is 0 Å². The van der Waals surface area contributed by atoms with Crippen LogP contribution in [0.25, 0.3) is 0 Å². The van der Waals surface area contributed by atoms with Crippen LogP contribution in [0.5, 0.6) is 0 Å². The molecule has 1 N–H and O–H groups in total. The summed E-state index contributed by atoms with van der Waals surface area (Å²) in [6.07, 6.45) is 3.92. The highest BCUT2D eigenvalue weighted by Gasteiger charge is 2.64. The van der Waals surface area contributed by atoms with Crippen molar-refractivity contribution in [2.45, 2.75) is 40.8 Å². The van der Waals surface area contributed by atoms with Gasteiger partial charge in [-0.1, -0.05) is 27.7 Å². The van der Waals surface area contributed by atoms with Crippen molar-refractivity contribution in [3.63, 3.8) is 0 Å². The van der Waals surface area contributed by atoms with Crippen LogP contribution in [0.3, 0.4) is 0 Å². The SMILES string of the molecule is COCCNCc1cncn1CC1C(C)(C)C1(C)C. The fraction of sp³-hybridized carbons (Fsp3) is 0.800. The average Bonchev–Trinajstić information content (AvgIpc) is 2.72. The van der Waals surface area contributed by atoms with Gasteiger partial charge in [0.05, 0.1) is 18.6 Å². The Balaban J connectivity index is 1.90. The Labute approximate surface area is 116 Å². The van der Waals surface area contributed by atoms with Gasteiger partial charge in [-0.2, -0.15) is 0 Å². The van der Waals surface area contributed by atoms with E-state index >= 15 is 0 Å². The van der Waals surface area contributed by atoms with Gasteiger partial charge in [0, 0.05) is 32.9 Å². The second-order valence-corrected chi connectivity index (χ2v) is 6.70. The second kappa shape index (κ2) is 5.25. The van der Waals surface area contributed by atoms with Gasteiger partial charge in [0.15, 0.2) is 0 Å². The van der Waals surface area contributed by atoms with Gasteiger partial charge in [-0.25, -0.2) is 4.98 Å². The largest absolute Gasteiger partial charge is 0.383 e. The molecule has 1 aromatic rings. The minimum Gasteiger partial charge on any atom is -0.383 e. The molecular weight excluding hydrogens is 238 g/mol. The number of rotatable bonds is 7. The molecule has 0 bridgehead atoms. The summed E-state index contributed by atoms with van der Waals surface area (Å²) in [4.78, 5) is 4.29. The predicted octanol–water partition coefficient (Wildman–Crippen LogP) is 2.30. The minimum atomic E-state index is 0.429. The highest BCUT2D eigenvalue weighted by Crippen LogP contribution is 2.68. The number of nitrogens with one attached hydrogen (secondary N) is 1. The molecule has 19 heavy (non-hydrogen) atoms. The molecule has 0 atom stereocenters. The Bertz CT molecular complexity index is 409. The summed E-state index contributed by atoms with van der Waals surface area (Å²) in [5.74, 6) is 0.729. The maximum Gasteiger partial charge on any atom is 0.0948 e. The summed E-state index contributed by atoms with van der Waals surface area (Å²) < 4.78 is 7.33. The van der Waals surface area contributed by atoms with Gasteiger partial charge in [-0.05, 0) is 16.7 Å². The van der Waals surface area contributed by atoms with E-state index in [9.17, 15) is 0 Å². The molecule has 4 nitrogen and oxygen atoms in total. The van der Waals surface area contributed by atoms with E-state index in [1.54, 1.807) is 7.11 Å². The molecule has 1 heterocycles. The van der Waals surface area contributed by atoms with Crippen molar-refractivity contribution >= 4 is 0 Å². The first-order chi connectivity index (χ1) is 8.91. The molecule has 0 saturated heterocycles. The van der Waals surface area contributed by atoms with Crippen LogP contribution in [0, 0.1) is 16.7 Å². The lowest BCUT2D eigenvalue weighted by Crippen LogP contribution is -2.21. The molecule has 1 saturated carbocycles. The number of imidazole rings is 1. The van der Waals surface area contributed by atoms with Crippen molar-refractivity contribution < 1.29 is 4.74 Å². The van der Waals surface area contributed by atoms with Crippen molar-refractivity contribution in [1.82, 2.24) is 14.9 Å². The molecule has 0 unspecified atom stereocenters. The monoisotopic (exact) mass is 265 g/mol. The number of nitrogens with zero attached hydrogens (tertiary/aromatic N) is 2. The summed E-state index contributed by atoms with van der Waals surface area (Å²) >= 11 is 0. The van der Waals surface area contributed by atoms with Crippen LogP contribution in [-0.2, 0) is 17.8 Å². The van der Waals surface area contributed by atoms with Gasteiger partial charge in [-0.15, -0.1) is 0 Å². The highest BCUT2D eigenvalue weighted by molar-refractivity contribution is 5.13. The molecule has 0 amide bonds. The van der Waals surface area contributed by atoms with Crippen LogP contribution >= 0.6 is 0 Å². The van der Waals surface area contributed by atoms with E-state index in [2.05, 4.69) is 42.6 Å². The molecule has 0 aromatic carbocycles. The summed E-state index contributed by atoms with van der Waals surface area (Å²) in [5.41, 5.74) is 2.12. The Morgan fingerprint density at radius 1 is 1.32 bits per heavy atom. The third kappa shape index (κ3) is 2.70. The lowest BCUT2D eigenvalue weighted by molar-refractivity contribution is 0.199. The first kappa shape index (κ1) is 14.5. The van der Waals surface area contributed by atoms with Crippen LogP contribution in [0.1, 0.15) is 33.4 Å². The van der Waals surface area contributed by atoms with Crippen LogP contribution in [0.2, 0.25) is 0 Å². The molecule has 2 rings (SSSR count). The van der Waals surface area contributed by atoms with Crippen LogP contribution in [0.15, 0.2) is 12.5 Å². The smallest absolute Gasteiger partial charge is 0.0948 e. The maximum absolute atomic E-state index is 5.04. The van der Waals surface area contributed by atoms with Crippen LogP contribution < -0.4 is 5.32 Å². The molecular formula is C15H27N3O. The quantitative estimate of drug-likeness (QED) is 0.769. The van der Waals surface area contributed by atoms with Gasteiger partial charge in [0.25, 0.3) is 0 Å². The second-order valence-electron chi connectivity index (χ2n) is 6.70. The fourth-order valence-corrected chi connectivity index (χ4v) is 3.04.